The molecule has 202 valence electrons. The van der Waals surface area contributed by atoms with Crippen LogP contribution in [0.1, 0.15) is 22.6 Å². The highest BCUT2D eigenvalue weighted by Gasteiger charge is 2.26. The molecule has 0 aliphatic carbocycles. The average Bonchev–Trinajstić information content (AvgIpc) is 3.41. The SMILES string of the molecule is Cc1cc(C2=Nc3c(ncc(Br)c3Nc3cccc(S(N)(=O)=O)c3)C2)c(C)n1-c1cc(S(N)(=O)=O)ccc1Cl. The number of pyridine rings is 1. The van der Waals surface area contributed by atoms with Crippen molar-refractivity contribution in [1.29, 1.82) is 0 Å². The second kappa shape index (κ2) is 9.84. The molecule has 10 nitrogen and oxygen atoms in total. The molecule has 0 radical (unpaired) electrons. The fourth-order valence-electron chi connectivity index (χ4n) is 4.54. The van der Waals surface area contributed by atoms with E-state index in [1.165, 1.54) is 30.3 Å². The van der Waals surface area contributed by atoms with Crippen molar-refractivity contribution in [3.63, 3.8) is 0 Å². The fraction of sp³-hybridized carbons (Fsp3) is 0.120. The quantitative estimate of drug-likeness (QED) is 0.276. The van der Waals surface area contributed by atoms with Crippen LogP contribution in [0.25, 0.3) is 5.69 Å². The van der Waals surface area contributed by atoms with Gasteiger partial charge in [0.05, 0.1) is 42.1 Å². The van der Waals surface area contributed by atoms with Gasteiger partial charge < -0.3 is 9.88 Å². The number of hydrogen-bond donors (Lipinski definition) is 3. The molecule has 5 rings (SSSR count). The molecule has 0 spiro atoms. The first-order valence-corrected chi connectivity index (χ1v) is 15.7. The molecule has 0 saturated heterocycles. The van der Waals surface area contributed by atoms with Crippen LogP contribution in [0.3, 0.4) is 0 Å². The minimum Gasteiger partial charge on any atom is -0.353 e. The Labute approximate surface area is 239 Å². The number of aromatic nitrogens is 2. The van der Waals surface area contributed by atoms with Gasteiger partial charge in [-0.3, -0.25) is 4.98 Å². The van der Waals surface area contributed by atoms with Gasteiger partial charge in [-0.25, -0.2) is 32.1 Å². The van der Waals surface area contributed by atoms with E-state index in [-0.39, 0.29) is 9.79 Å². The number of fused-ring (bicyclic) bond motifs is 1. The number of anilines is 2. The number of halogens is 2. The topological polar surface area (TPSA) is 163 Å². The number of rotatable bonds is 6. The lowest BCUT2D eigenvalue weighted by molar-refractivity contribution is 0.596. The van der Waals surface area contributed by atoms with Gasteiger partial charge in [0.25, 0.3) is 0 Å². The highest BCUT2D eigenvalue weighted by Crippen LogP contribution is 2.42. The molecule has 3 heterocycles. The zero-order valence-electron chi connectivity index (χ0n) is 20.6. The summed E-state index contributed by atoms with van der Waals surface area (Å²) in [6.45, 7) is 3.79. The summed E-state index contributed by atoms with van der Waals surface area (Å²) >= 11 is 9.98. The largest absolute Gasteiger partial charge is 0.353 e. The fourth-order valence-corrected chi connectivity index (χ4v) is 6.22. The third kappa shape index (κ3) is 5.25. The first-order valence-electron chi connectivity index (χ1n) is 11.4. The Morgan fingerprint density at radius 1 is 1.00 bits per heavy atom. The summed E-state index contributed by atoms with van der Waals surface area (Å²) in [6, 6.07) is 12.5. The second-order valence-electron chi connectivity index (χ2n) is 8.99. The zero-order valence-corrected chi connectivity index (χ0v) is 24.6. The summed E-state index contributed by atoms with van der Waals surface area (Å²) in [6.07, 6.45) is 2.11. The van der Waals surface area contributed by atoms with Crippen LogP contribution in [-0.2, 0) is 26.5 Å². The first kappa shape index (κ1) is 27.5. The van der Waals surface area contributed by atoms with Crippen molar-refractivity contribution in [2.24, 2.45) is 15.3 Å². The molecule has 0 bridgehead atoms. The Balaban J connectivity index is 1.57. The highest BCUT2D eigenvalue weighted by molar-refractivity contribution is 9.10. The molecular formula is C25H22BrClN6O4S2. The molecule has 39 heavy (non-hydrogen) atoms. The molecule has 0 fully saturated rings. The number of nitrogens with two attached hydrogens (primary N) is 2. The summed E-state index contributed by atoms with van der Waals surface area (Å²) < 4.78 is 50.0. The number of primary sulfonamides is 2. The van der Waals surface area contributed by atoms with E-state index in [0.29, 0.717) is 38.7 Å². The van der Waals surface area contributed by atoms with Gasteiger partial charge in [0, 0.05) is 35.3 Å². The van der Waals surface area contributed by atoms with E-state index in [9.17, 15) is 16.8 Å². The maximum Gasteiger partial charge on any atom is 0.238 e. The number of aryl methyl sites for hydroxylation is 1. The molecule has 2 aromatic carbocycles. The van der Waals surface area contributed by atoms with E-state index >= 15 is 0 Å². The van der Waals surface area contributed by atoms with Gasteiger partial charge in [-0.05, 0) is 72.2 Å². The third-order valence-corrected chi connectivity index (χ3v) is 9.07. The van der Waals surface area contributed by atoms with Crippen LogP contribution in [0.5, 0.6) is 0 Å². The Morgan fingerprint density at radius 2 is 1.69 bits per heavy atom. The average molecular weight is 650 g/mol. The molecule has 0 unspecified atom stereocenters. The number of sulfonamides is 2. The monoisotopic (exact) mass is 648 g/mol. The van der Waals surface area contributed by atoms with Crippen molar-refractivity contribution in [2.75, 3.05) is 5.32 Å². The van der Waals surface area contributed by atoms with Crippen molar-refractivity contribution in [3.05, 3.63) is 86.9 Å². The Kier molecular flexibility index (Phi) is 6.94. The molecule has 0 saturated carbocycles. The minimum absolute atomic E-state index is 0.0175. The van der Waals surface area contributed by atoms with Crippen LogP contribution in [0, 0.1) is 13.8 Å². The Hall–Kier alpha value is -3.07. The lowest BCUT2D eigenvalue weighted by atomic mass is 10.1. The number of hydrogen-bond acceptors (Lipinski definition) is 7. The molecular weight excluding hydrogens is 628 g/mol. The summed E-state index contributed by atoms with van der Waals surface area (Å²) in [5.74, 6) is 0. The summed E-state index contributed by atoms with van der Waals surface area (Å²) in [5, 5.41) is 14.2. The minimum atomic E-state index is -3.92. The third-order valence-electron chi connectivity index (χ3n) is 6.33. The molecule has 2 aromatic heterocycles. The zero-order chi connectivity index (χ0) is 28.3. The molecule has 0 atom stereocenters. The van der Waals surface area contributed by atoms with Gasteiger partial charge in [-0.2, -0.15) is 0 Å². The van der Waals surface area contributed by atoms with Gasteiger partial charge in [0.15, 0.2) is 0 Å². The lowest BCUT2D eigenvalue weighted by Crippen LogP contribution is -2.13. The van der Waals surface area contributed by atoms with E-state index in [1.54, 1.807) is 18.3 Å². The van der Waals surface area contributed by atoms with Gasteiger partial charge in [-0.1, -0.05) is 17.7 Å². The van der Waals surface area contributed by atoms with E-state index < -0.39 is 20.0 Å². The summed E-state index contributed by atoms with van der Waals surface area (Å²) in [5.41, 5.74) is 6.20. The summed E-state index contributed by atoms with van der Waals surface area (Å²) in [7, 11) is -7.79. The summed E-state index contributed by atoms with van der Waals surface area (Å²) in [4.78, 5) is 9.37. The molecule has 1 aliphatic rings. The Bertz CT molecular complexity index is 1920. The number of benzene rings is 2. The van der Waals surface area contributed by atoms with Crippen molar-refractivity contribution >= 4 is 70.4 Å². The van der Waals surface area contributed by atoms with Gasteiger partial charge in [0.1, 0.15) is 5.69 Å². The van der Waals surface area contributed by atoms with Crippen LogP contribution in [0.4, 0.5) is 17.1 Å². The molecule has 1 aliphatic heterocycles. The van der Waals surface area contributed by atoms with Crippen LogP contribution in [-0.4, -0.2) is 32.1 Å². The molecule has 5 N–H and O–H groups in total. The van der Waals surface area contributed by atoms with Crippen molar-refractivity contribution in [2.45, 2.75) is 30.1 Å². The van der Waals surface area contributed by atoms with Gasteiger partial charge in [-0.15, -0.1) is 0 Å². The van der Waals surface area contributed by atoms with Crippen molar-refractivity contribution < 1.29 is 16.8 Å². The Morgan fingerprint density at radius 3 is 2.38 bits per heavy atom. The molecule has 0 amide bonds. The van der Waals surface area contributed by atoms with Crippen LogP contribution >= 0.6 is 27.5 Å². The van der Waals surface area contributed by atoms with Crippen LogP contribution < -0.4 is 15.6 Å². The van der Waals surface area contributed by atoms with E-state index in [0.717, 1.165) is 28.4 Å². The highest BCUT2D eigenvalue weighted by atomic mass is 79.9. The molecule has 14 heteroatoms. The van der Waals surface area contributed by atoms with Crippen molar-refractivity contribution in [1.82, 2.24) is 9.55 Å². The first-order chi connectivity index (χ1) is 18.2. The van der Waals surface area contributed by atoms with Gasteiger partial charge in [0.2, 0.25) is 20.0 Å². The number of nitrogens with zero attached hydrogens (tertiary/aromatic N) is 3. The van der Waals surface area contributed by atoms with E-state index in [1.807, 2.05) is 24.5 Å². The second-order valence-corrected chi connectivity index (χ2v) is 13.4. The van der Waals surface area contributed by atoms with E-state index in [2.05, 4.69) is 26.2 Å². The number of nitrogens with one attached hydrogen (secondary N) is 1. The predicted octanol–water partition coefficient (Wildman–Crippen LogP) is 4.62. The molecule has 4 aromatic rings. The maximum atomic E-state index is 11.9. The smallest absolute Gasteiger partial charge is 0.238 e. The van der Waals surface area contributed by atoms with E-state index in [4.69, 9.17) is 26.9 Å². The standard InChI is InChI=1S/C25H22BrClN6O4S2/c1-13-8-18(14(2)33(13)23-10-17(39(29,36)37)6-7-20(23)27)21-11-22-25(32-21)24(19(26)12-30-22)31-15-4-3-5-16(9-15)38(28,34)35/h3-10,12H,11H2,1-2H3,(H,30,31)(H2,28,34,35)(H2,29,36,37). The van der Waals surface area contributed by atoms with Crippen molar-refractivity contribution in [3.8, 4) is 5.69 Å². The van der Waals surface area contributed by atoms with Crippen LogP contribution in [0.2, 0.25) is 5.02 Å². The lowest BCUT2D eigenvalue weighted by Gasteiger charge is -2.13. The van der Waals surface area contributed by atoms with Crippen LogP contribution in [0.15, 0.2) is 74.0 Å². The maximum absolute atomic E-state index is 11.9. The predicted molar refractivity (Wildman–Crippen MR) is 155 cm³/mol. The van der Waals surface area contributed by atoms with Gasteiger partial charge >= 0.3 is 0 Å². The normalized spacial score (nSPS) is 13.3. The number of aliphatic imine (C=N–C) groups is 1.